The molecule has 8 heteroatoms. The van der Waals surface area contributed by atoms with Crippen LogP contribution >= 0.6 is 22.9 Å². The Balaban J connectivity index is 1.58. The van der Waals surface area contributed by atoms with Crippen molar-refractivity contribution in [3.63, 3.8) is 0 Å². The molecule has 0 bridgehead atoms. The van der Waals surface area contributed by atoms with Crippen LogP contribution in [0.2, 0.25) is 4.34 Å². The molecule has 0 fully saturated rings. The number of aromatic nitrogens is 4. The number of carbonyl (C=O) groups is 1. The lowest BCUT2D eigenvalue weighted by Gasteiger charge is -2.10. The maximum Gasteiger partial charge on any atom is 0.256 e. The van der Waals surface area contributed by atoms with E-state index < -0.39 is 0 Å². The summed E-state index contributed by atoms with van der Waals surface area (Å²) >= 11 is 7.51. The van der Waals surface area contributed by atoms with E-state index in [9.17, 15) is 4.79 Å². The van der Waals surface area contributed by atoms with E-state index >= 15 is 0 Å². The Hall–Kier alpha value is -3.29. The molecule has 0 spiro atoms. The van der Waals surface area contributed by atoms with E-state index in [1.807, 2.05) is 36.4 Å². The van der Waals surface area contributed by atoms with Gasteiger partial charge in [-0.2, -0.15) is 0 Å². The smallest absolute Gasteiger partial charge is 0.256 e. The van der Waals surface area contributed by atoms with Gasteiger partial charge in [-0.15, -0.1) is 21.5 Å². The summed E-state index contributed by atoms with van der Waals surface area (Å²) in [6.45, 7) is 0. The van der Waals surface area contributed by atoms with Gasteiger partial charge in [0.2, 0.25) is 0 Å². The van der Waals surface area contributed by atoms with Crippen molar-refractivity contribution in [1.29, 1.82) is 0 Å². The SMILES string of the molecule is O=C(Nc1ccc2nncn2c1)c1cc(-c2ccc(Cl)s2)nc2ccccc12. The van der Waals surface area contributed by atoms with Crippen LogP contribution in [0.25, 0.3) is 27.1 Å². The minimum absolute atomic E-state index is 0.213. The topological polar surface area (TPSA) is 72.2 Å². The van der Waals surface area contributed by atoms with Crippen LogP contribution < -0.4 is 5.32 Å². The highest BCUT2D eigenvalue weighted by Gasteiger charge is 2.15. The number of rotatable bonds is 3. The fourth-order valence-electron chi connectivity index (χ4n) is 3.04. The van der Waals surface area contributed by atoms with Gasteiger partial charge in [0.05, 0.1) is 31.7 Å². The normalized spacial score (nSPS) is 11.2. The Labute approximate surface area is 168 Å². The summed E-state index contributed by atoms with van der Waals surface area (Å²) in [5.74, 6) is -0.213. The summed E-state index contributed by atoms with van der Waals surface area (Å²) in [4.78, 5) is 18.7. The third-order valence-electron chi connectivity index (χ3n) is 4.34. The fraction of sp³-hybridized carbons (Fsp3) is 0. The molecule has 6 nitrogen and oxygen atoms in total. The summed E-state index contributed by atoms with van der Waals surface area (Å²) in [7, 11) is 0. The molecule has 4 heterocycles. The van der Waals surface area contributed by atoms with Crippen molar-refractivity contribution in [1.82, 2.24) is 19.6 Å². The molecule has 0 unspecified atom stereocenters. The predicted molar refractivity (Wildman–Crippen MR) is 111 cm³/mol. The molecular formula is C20H12ClN5OS. The molecule has 136 valence electrons. The van der Waals surface area contributed by atoms with Crippen LogP contribution in [0.5, 0.6) is 0 Å². The van der Waals surface area contributed by atoms with E-state index in [4.69, 9.17) is 16.6 Å². The fourth-order valence-corrected chi connectivity index (χ4v) is 4.05. The number of hydrogen-bond acceptors (Lipinski definition) is 5. The van der Waals surface area contributed by atoms with Gasteiger partial charge in [-0.3, -0.25) is 9.20 Å². The first-order valence-corrected chi connectivity index (χ1v) is 9.63. The zero-order valence-electron chi connectivity index (χ0n) is 14.3. The van der Waals surface area contributed by atoms with Crippen molar-refractivity contribution in [2.75, 3.05) is 5.32 Å². The molecule has 1 N–H and O–H groups in total. The van der Waals surface area contributed by atoms with Crippen LogP contribution in [-0.4, -0.2) is 25.5 Å². The van der Waals surface area contributed by atoms with Gasteiger partial charge >= 0.3 is 0 Å². The van der Waals surface area contributed by atoms with Crippen molar-refractivity contribution >= 4 is 51.1 Å². The number of halogens is 1. The maximum absolute atomic E-state index is 13.1. The molecule has 28 heavy (non-hydrogen) atoms. The molecule has 0 aliphatic heterocycles. The molecule has 0 atom stereocenters. The highest BCUT2D eigenvalue weighted by molar-refractivity contribution is 7.19. The lowest BCUT2D eigenvalue weighted by molar-refractivity contribution is 0.102. The molecule has 0 saturated heterocycles. The van der Waals surface area contributed by atoms with Gasteiger partial charge < -0.3 is 5.32 Å². The van der Waals surface area contributed by atoms with Gasteiger partial charge in [0.25, 0.3) is 5.91 Å². The molecule has 1 aromatic carbocycles. The van der Waals surface area contributed by atoms with Gasteiger partial charge in [-0.25, -0.2) is 4.98 Å². The number of benzene rings is 1. The molecule has 0 saturated carbocycles. The number of pyridine rings is 2. The first kappa shape index (κ1) is 16.9. The summed E-state index contributed by atoms with van der Waals surface area (Å²) in [6.07, 6.45) is 3.36. The van der Waals surface area contributed by atoms with Crippen molar-refractivity contribution in [2.24, 2.45) is 0 Å². The number of anilines is 1. The molecule has 5 aromatic rings. The summed E-state index contributed by atoms with van der Waals surface area (Å²) in [6, 6.07) is 16.7. The Kier molecular flexibility index (Phi) is 4.03. The summed E-state index contributed by atoms with van der Waals surface area (Å²) in [5.41, 5.74) is 3.39. The Morgan fingerprint density at radius 2 is 2.00 bits per heavy atom. The summed E-state index contributed by atoms with van der Waals surface area (Å²) < 4.78 is 2.43. The van der Waals surface area contributed by atoms with Crippen LogP contribution in [0.1, 0.15) is 10.4 Å². The number of thiophene rings is 1. The number of nitrogens with zero attached hydrogens (tertiary/aromatic N) is 4. The van der Waals surface area contributed by atoms with Gasteiger partial charge in [0.15, 0.2) is 5.65 Å². The quantitative estimate of drug-likeness (QED) is 0.462. The number of fused-ring (bicyclic) bond motifs is 2. The zero-order valence-corrected chi connectivity index (χ0v) is 15.9. The van der Waals surface area contributed by atoms with E-state index in [1.54, 1.807) is 35.1 Å². The molecular weight excluding hydrogens is 394 g/mol. The minimum Gasteiger partial charge on any atom is -0.321 e. The molecule has 4 aromatic heterocycles. The Bertz CT molecular complexity index is 1340. The van der Waals surface area contributed by atoms with Crippen LogP contribution in [-0.2, 0) is 0 Å². The monoisotopic (exact) mass is 405 g/mol. The predicted octanol–water partition coefficient (Wildman–Crippen LogP) is 4.91. The second kappa shape index (κ2) is 6.70. The number of para-hydroxylation sites is 1. The average Bonchev–Trinajstić information content (AvgIpc) is 3.35. The number of hydrogen-bond donors (Lipinski definition) is 1. The van der Waals surface area contributed by atoms with Crippen LogP contribution in [0.15, 0.2) is 67.1 Å². The number of carbonyl (C=O) groups excluding carboxylic acids is 1. The highest BCUT2D eigenvalue weighted by atomic mass is 35.5. The van der Waals surface area contributed by atoms with Crippen molar-refractivity contribution in [2.45, 2.75) is 0 Å². The lowest BCUT2D eigenvalue weighted by Crippen LogP contribution is -2.13. The maximum atomic E-state index is 13.1. The van der Waals surface area contributed by atoms with Crippen LogP contribution in [0, 0.1) is 0 Å². The minimum atomic E-state index is -0.213. The van der Waals surface area contributed by atoms with E-state index in [1.165, 1.54) is 11.3 Å². The van der Waals surface area contributed by atoms with Crippen molar-refractivity contribution < 1.29 is 4.79 Å². The first-order valence-electron chi connectivity index (χ1n) is 8.44. The molecule has 0 aliphatic rings. The third-order valence-corrected chi connectivity index (χ3v) is 5.59. The Morgan fingerprint density at radius 3 is 2.86 bits per heavy atom. The second-order valence-corrected chi connectivity index (χ2v) is 7.86. The Morgan fingerprint density at radius 1 is 1.11 bits per heavy atom. The molecule has 0 aliphatic carbocycles. The van der Waals surface area contributed by atoms with Gasteiger partial charge in [0, 0.05) is 11.6 Å². The molecule has 5 rings (SSSR count). The largest absolute Gasteiger partial charge is 0.321 e. The van der Waals surface area contributed by atoms with E-state index in [-0.39, 0.29) is 5.91 Å². The zero-order chi connectivity index (χ0) is 19.1. The molecule has 0 radical (unpaired) electrons. The summed E-state index contributed by atoms with van der Waals surface area (Å²) in [5, 5.41) is 11.6. The number of amides is 1. The van der Waals surface area contributed by atoms with Crippen molar-refractivity contribution in [3.8, 4) is 10.6 Å². The van der Waals surface area contributed by atoms with Crippen molar-refractivity contribution in [3.05, 3.63) is 77.0 Å². The third kappa shape index (κ3) is 3.00. The second-order valence-electron chi connectivity index (χ2n) is 6.14. The first-order chi connectivity index (χ1) is 13.7. The van der Waals surface area contributed by atoms with Gasteiger partial charge in [-0.1, -0.05) is 29.8 Å². The van der Waals surface area contributed by atoms with Gasteiger partial charge in [-0.05, 0) is 36.4 Å². The van der Waals surface area contributed by atoms with Crippen LogP contribution in [0.4, 0.5) is 5.69 Å². The van der Waals surface area contributed by atoms with Gasteiger partial charge in [0.1, 0.15) is 6.33 Å². The lowest BCUT2D eigenvalue weighted by atomic mass is 10.1. The average molecular weight is 406 g/mol. The van der Waals surface area contributed by atoms with Crippen LogP contribution in [0.3, 0.4) is 0 Å². The highest BCUT2D eigenvalue weighted by Crippen LogP contribution is 2.32. The van der Waals surface area contributed by atoms with E-state index in [0.29, 0.717) is 21.2 Å². The van der Waals surface area contributed by atoms with E-state index in [0.717, 1.165) is 21.5 Å². The molecule has 1 amide bonds. The van der Waals surface area contributed by atoms with E-state index in [2.05, 4.69) is 15.5 Å². The number of nitrogens with one attached hydrogen (secondary N) is 1. The standard InChI is InChI=1S/C20H12ClN5OS/c21-18-7-6-17(28-18)16-9-14(13-3-1-2-4-15(13)24-16)20(27)23-12-5-8-19-25-22-11-26(19)10-12/h1-11H,(H,23,27).